The zero-order valence-corrected chi connectivity index (χ0v) is 11.1. The molecule has 0 heterocycles. The van der Waals surface area contributed by atoms with E-state index in [0.717, 1.165) is 6.54 Å². The normalized spacial score (nSPS) is 20.9. The Balaban J connectivity index is 2.69. The van der Waals surface area contributed by atoms with Crippen LogP contribution in [0.3, 0.4) is 0 Å². The van der Waals surface area contributed by atoms with Gasteiger partial charge in [0.2, 0.25) is 5.91 Å². The SMILES string of the molecule is CC(=O)N(CC1(C)CC1)C(C)C(C)(C)C. The fourth-order valence-corrected chi connectivity index (χ4v) is 1.77. The van der Waals surface area contributed by atoms with Crippen LogP contribution in [0.5, 0.6) is 0 Å². The molecule has 0 aliphatic heterocycles. The van der Waals surface area contributed by atoms with Crippen molar-refractivity contribution in [3.63, 3.8) is 0 Å². The molecule has 0 N–H and O–H groups in total. The second kappa shape index (κ2) is 3.80. The third-order valence-electron chi connectivity index (χ3n) is 3.78. The first-order valence-corrected chi connectivity index (χ1v) is 5.93. The van der Waals surface area contributed by atoms with Gasteiger partial charge in [0.25, 0.3) is 0 Å². The summed E-state index contributed by atoms with van der Waals surface area (Å²) in [6.45, 7) is 13.6. The lowest BCUT2D eigenvalue weighted by Crippen LogP contribution is -2.46. The van der Waals surface area contributed by atoms with Crippen molar-refractivity contribution in [2.24, 2.45) is 10.8 Å². The summed E-state index contributed by atoms with van der Waals surface area (Å²) in [5.41, 5.74) is 0.572. The quantitative estimate of drug-likeness (QED) is 0.702. The van der Waals surface area contributed by atoms with Gasteiger partial charge in [0.1, 0.15) is 0 Å². The summed E-state index contributed by atoms with van der Waals surface area (Å²) in [7, 11) is 0. The topological polar surface area (TPSA) is 20.3 Å². The van der Waals surface area contributed by atoms with Gasteiger partial charge in [0.15, 0.2) is 0 Å². The fourth-order valence-electron chi connectivity index (χ4n) is 1.77. The Hall–Kier alpha value is -0.530. The Kier molecular flexibility index (Phi) is 3.18. The average molecular weight is 211 g/mol. The summed E-state index contributed by atoms with van der Waals surface area (Å²) < 4.78 is 0. The Morgan fingerprint density at radius 3 is 2.13 bits per heavy atom. The van der Waals surface area contributed by atoms with E-state index in [2.05, 4.69) is 34.6 Å². The zero-order chi connectivity index (χ0) is 11.9. The number of carbonyl (C=O) groups is 1. The molecule has 2 nitrogen and oxygen atoms in total. The molecule has 2 heteroatoms. The maximum atomic E-state index is 11.7. The van der Waals surface area contributed by atoms with Crippen molar-refractivity contribution in [1.82, 2.24) is 4.90 Å². The zero-order valence-electron chi connectivity index (χ0n) is 11.1. The fraction of sp³-hybridized carbons (Fsp3) is 0.923. The first-order valence-electron chi connectivity index (χ1n) is 5.93. The van der Waals surface area contributed by atoms with Crippen molar-refractivity contribution < 1.29 is 4.79 Å². The van der Waals surface area contributed by atoms with Gasteiger partial charge in [-0.05, 0) is 30.6 Å². The third-order valence-corrected chi connectivity index (χ3v) is 3.78. The molecule has 1 amide bonds. The van der Waals surface area contributed by atoms with Gasteiger partial charge >= 0.3 is 0 Å². The van der Waals surface area contributed by atoms with E-state index >= 15 is 0 Å². The van der Waals surface area contributed by atoms with E-state index in [1.807, 2.05) is 4.90 Å². The molecule has 0 bridgehead atoms. The number of hydrogen-bond acceptors (Lipinski definition) is 1. The van der Waals surface area contributed by atoms with E-state index in [-0.39, 0.29) is 11.3 Å². The molecular weight excluding hydrogens is 186 g/mol. The van der Waals surface area contributed by atoms with Crippen LogP contribution in [0, 0.1) is 10.8 Å². The molecular formula is C13H25NO. The molecule has 1 fully saturated rings. The average Bonchev–Trinajstić information content (AvgIpc) is 2.77. The van der Waals surface area contributed by atoms with Crippen LogP contribution in [0.4, 0.5) is 0 Å². The molecule has 1 aliphatic rings. The van der Waals surface area contributed by atoms with Crippen LogP contribution < -0.4 is 0 Å². The molecule has 0 aromatic heterocycles. The van der Waals surface area contributed by atoms with Crippen LogP contribution in [0.15, 0.2) is 0 Å². The standard InChI is InChI=1S/C13H25NO/c1-10(12(3,4)5)14(11(2)15)9-13(6)7-8-13/h10H,7-9H2,1-6H3. The summed E-state index contributed by atoms with van der Waals surface area (Å²) >= 11 is 0. The minimum Gasteiger partial charge on any atom is -0.339 e. The Morgan fingerprint density at radius 2 is 1.87 bits per heavy atom. The van der Waals surface area contributed by atoms with E-state index in [9.17, 15) is 4.79 Å². The Bertz CT molecular complexity index is 248. The van der Waals surface area contributed by atoms with Crippen molar-refractivity contribution in [1.29, 1.82) is 0 Å². The van der Waals surface area contributed by atoms with Gasteiger partial charge in [-0.3, -0.25) is 4.79 Å². The van der Waals surface area contributed by atoms with E-state index in [1.165, 1.54) is 12.8 Å². The van der Waals surface area contributed by atoms with Gasteiger partial charge in [-0.1, -0.05) is 27.7 Å². The lowest BCUT2D eigenvalue weighted by Gasteiger charge is -2.39. The molecule has 15 heavy (non-hydrogen) atoms. The van der Waals surface area contributed by atoms with E-state index in [1.54, 1.807) is 6.92 Å². The van der Waals surface area contributed by atoms with Crippen LogP contribution in [0.25, 0.3) is 0 Å². The highest BCUT2D eigenvalue weighted by Gasteiger charge is 2.41. The Morgan fingerprint density at radius 1 is 1.40 bits per heavy atom. The molecule has 1 atom stereocenters. The summed E-state index contributed by atoms with van der Waals surface area (Å²) in [5, 5.41) is 0. The van der Waals surface area contributed by atoms with Crippen molar-refractivity contribution in [3.8, 4) is 0 Å². The summed E-state index contributed by atoms with van der Waals surface area (Å²) in [6.07, 6.45) is 2.54. The number of hydrogen-bond donors (Lipinski definition) is 0. The number of nitrogens with zero attached hydrogens (tertiary/aromatic N) is 1. The van der Waals surface area contributed by atoms with Crippen molar-refractivity contribution >= 4 is 5.91 Å². The van der Waals surface area contributed by atoms with Gasteiger partial charge in [-0.25, -0.2) is 0 Å². The molecule has 1 unspecified atom stereocenters. The molecule has 0 spiro atoms. The van der Waals surface area contributed by atoms with E-state index in [0.29, 0.717) is 11.5 Å². The molecule has 0 radical (unpaired) electrons. The molecule has 1 aliphatic carbocycles. The molecule has 1 saturated carbocycles. The van der Waals surface area contributed by atoms with Crippen molar-refractivity contribution in [2.75, 3.05) is 6.54 Å². The smallest absolute Gasteiger partial charge is 0.219 e. The maximum absolute atomic E-state index is 11.7. The second-order valence-corrected chi connectivity index (χ2v) is 6.50. The van der Waals surface area contributed by atoms with Gasteiger partial charge in [0, 0.05) is 19.5 Å². The van der Waals surface area contributed by atoms with Gasteiger partial charge in [-0.2, -0.15) is 0 Å². The molecule has 0 aromatic carbocycles. The van der Waals surface area contributed by atoms with Crippen molar-refractivity contribution in [2.45, 2.75) is 60.4 Å². The largest absolute Gasteiger partial charge is 0.339 e. The van der Waals surface area contributed by atoms with Crippen LogP contribution in [0.2, 0.25) is 0 Å². The van der Waals surface area contributed by atoms with Crippen LogP contribution in [-0.2, 0) is 4.79 Å². The van der Waals surface area contributed by atoms with Gasteiger partial charge in [-0.15, -0.1) is 0 Å². The first kappa shape index (κ1) is 12.5. The van der Waals surface area contributed by atoms with Gasteiger partial charge < -0.3 is 4.90 Å². The summed E-state index contributed by atoms with van der Waals surface area (Å²) in [4.78, 5) is 13.7. The monoisotopic (exact) mass is 211 g/mol. The highest BCUT2D eigenvalue weighted by Crippen LogP contribution is 2.46. The highest BCUT2D eigenvalue weighted by molar-refractivity contribution is 5.73. The predicted octanol–water partition coefficient (Wildman–Crippen LogP) is 3.07. The van der Waals surface area contributed by atoms with E-state index in [4.69, 9.17) is 0 Å². The van der Waals surface area contributed by atoms with Crippen molar-refractivity contribution in [3.05, 3.63) is 0 Å². The maximum Gasteiger partial charge on any atom is 0.219 e. The minimum absolute atomic E-state index is 0.164. The lowest BCUT2D eigenvalue weighted by atomic mass is 9.86. The summed E-state index contributed by atoms with van der Waals surface area (Å²) in [6, 6.07) is 0.312. The molecule has 0 aromatic rings. The number of rotatable bonds is 3. The molecule has 88 valence electrons. The predicted molar refractivity (Wildman–Crippen MR) is 63.6 cm³/mol. The van der Waals surface area contributed by atoms with Gasteiger partial charge in [0.05, 0.1) is 0 Å². The molecule has 0 saturated heterocycles. The highest BCUT2D eigenvalue weighted by atomic mass is 16.2. The first-order chi connectivity index (χ1) is 6.66. The number of carbonyl (C=O) groups excluding carboxylic acids is 1. The third kappa shape index (κ3) is 3.22. The number of amides is 1. The van der Waals surface area contributed by atoms with Crippen LogP contribution in [-0.4, -0.2) is 23.4 Å². The van der Waals surface area contributed by atoms with Crippen LogP contribution in [0.1, 0.15) is 54.4 Å². The Labute approximate surface area is 94.0 Å². The van der Waals surface area contributed by atoms with E-state index < -0.39 is 0 Å². The summed E-state index contributed by atoms with van der Waals surface area (Å²) in [5.74, 6) is 0.213. The molecule has 1 rings (SSSR count). The van der Waals surface area contributed by atoms with Crippen LogP contribution >= 0.6 is 0 Å². The minimum atomic E-state index is 0.164. The second-order valence-electron chi connectivity index (χ2n) is 6.50. The lowest BCUT2D eigenvalue weighted by molar-refractivity contribution is -0.134.